The number of likely N-dealkylation sites (tertiary alicyclic amines) is 1. The molecule has 1 aliphatic rings. The second kappa shape index (κ2) is 6.46. The van der Waals surface area contributed by atoms with Crippen molar-refractivity contribution in [2.75, 3.05) is 33.3 Å². The van der Waals surface area contributed by atoms with Gasteiger partial charge in [0, 0.05) is 0 Å². The molecule has 0 aromatic rings. The number of hydrogen-bond donors (Lipinski definition) is 0. The molecule has 0 saturated carbocycles. The Morgan fingerprint density at radius 2 is 1.60 bits per heavy atom. The van der Waals surface area contributed by atoms with Gasteiger partial charge in [-0.1, -0.05) is 20.8 Å². The van der Waals surface area contributed by atoms with Crippen molar-refractivity contribution in [2.45, 2.75) is 60.3 Å². The van der Waals surface area contributed by atoms with Gasteiger partial charge in [0.05, 0.1) is 25.6 Å². The third kappa shape index (κ3) is 5.82. The molecular formula is C17H34NO2+. The van der Waals surface area contributed by atoms with Gasteiger partial charge in [0.2, 0.25) is 0 Å². The van der Waals surface area contributed by atoms with Crippen LogP contribution in [-0.4, -0.2) is 43.7 Å². The first-order chi connectivity index (χ1) is 9.04. The van der Waals surface area contributed by atoms with Gasteiger partial charge in [0.15, 0.2) is 0 Å². The fourth-order valence-electron chi connectivity index (χ4n) is 3.45. The lowest BCUT2D eigenvalue weighted by Gasteiger charge is -2.38. The quantitative estimate of drug-likeness (QED) is 0.569. The third-order valence-corrected chi connectivity index (χ3v) is 4.29. The topological polar surface area (TPSA) is 26.3 Å². The van der Waals surface area contributed by atoms with Crippen LogP contribution in [-0.2, 0) is 9.53 Å². The number of carbonyl (C=O) groups is 1. The van der Waals surface area contributed by atoms with Gasteiger partial charge in [0.1, 0.15) is 13.2 Å². The summed E-state index contributed by atoms with van der Waals surface area (Å²) in [6, 6.07) is 0. The van der Waals surface area contributed by atoms with Crippen LogP contribution in [0.4, 0.5) is 0 Å². The number of piperidine rings is 1. The van der Waals surface area contributed by atoms with Crippen molar-refractivity contribution in [1.29, 1.82) is 0 Å². The summed E-state index contributed by atoms with van der Waals surface area (Å²) in [4.78, 5) is 12.3. The molecule has 118 valence electrons. The van der Waals surface area contributed by atoms with Crippen molar-refractivity contribution in [3.8, 4) is 0 Å². The number of rotatable bonds is 5. The maximum Gasteiger partial charge on any atom is 0.311 e. The Balaban J connectivity index is 2.39. The van der Waals surface area contributed by atoms with Crippen molar-refractivity contribution in [1.82, 2.24) is 0 Å². The maximum absolute atomic E-state index is 12.3. The normalized spacial score (nSPS) is 19.7. The number of carbonyl (C=O) groups excluding carboxylic acids is 1. The minimum Gasteiger partial charge on any atom is -0.459 e. The van der Waals surface area contributed by atoms with Gasteiger partial charge in [-0.05, 0) is 44.9 Å². The average molecular weight is 284 g/mol. The molecule has 20 heavy (non-hydrogen) atoms. The predicted octanol–water partition coefficient (Wildman–Crippen LogP) is 3.62. The molecule has 0 unspecified atom stereocenters. The van der Waals surface area contributed by atoms with E-state index in [1.54, 1.807) is 0 Å². The minimum atomic E-state index is -0.390. The molecule has 0 radical (unpaired) electrons. The maximum atomic E-state index is 12.3. The van der Waals surface area contributed by atoms with Crippen LogP contribution in [0, 0.1) is 10.8 Å². The third-order valence-electron chi connectivity index (χ3n) is 4.29. The molecule has 0 aliphatic carbocycles. The summed E-state index contributed by atoms with van der Waals surface area (Å²) >= 11 is 0. The zero-order valence-corrected chi connectivity index (χ0v) is 14.4. The van der Waals surface area contributed by atoms with Crippen molar-refractivity contribution in [2.24, 2.45) is 10.8 Å². The van der Waals surface area contributed by atoms with Crippen LogP contribution in [0.5, 0.6) is 0 Å². The average Bonchev–Trinajstić information content (AvgIpc) is 2.26. The Morgan fingerprint density at radius 1 is 1.05 bits per heavy atom. The van der Waals surface area contributed by atoms with Gasteiger partial charge in [0.25, 0.3) is 0 Å². The van der Waals surface area contributed by atoms with Crippen molar-refractivity contribution in [3.05, 3.63) is 0 Å². The highest BCUT2D eigenvalue weighted by Crippen LogP contribution is 2.34. The fraction of sp³-hybridized carbons (Fsp3) is 0.941. The molecule has 3 nitrogen and oxygen atoms in total. The van der Waals surface area contributed by atoms with Crippen molar-refractivity contribution in [3.63, 3.8) is 0 Å². The molecule has 0 bridgehead atoms. The highest BCUT2D eigenvalue weighted by molar-refractivity contribution is 5.75. The Morgan fingerprint density at radius 3 is 2.10 bits per heavy atom. The van der Waals surface area contributed by atoms with E-state index in [0.29, 0.717) is 6.61 Å². The van der Waals surface area contributed by atoms with Gasteiger partial charge in [-0.2, -0.15) is 0 Å². The van der Waals surface area contributed by atoms with Crippen LogP contribution in [0.25, 0.3) is 0 Å². The lowest BCUT2D eigenvalue weighted by molar-refractivity contribution is -0.914. The number of likely N-dealkylation sites (N-methyl/N-ethyl adjacent to an activating group) is 1. The van der Waals surface area contributed by atoms with Gasteiger partial charge < -0.3 is 9.22 Å². The Bertz CT molecular complexity index is 322. The molecule has 0 amide bonds. The fourth-order valence-corrected chi connectivity index (χ4v) is 3.45. The van der Waals surface area contributed by atoms with E-state index in [0.717, 1.165) is 17.4 Å². The summed E-state index contributed by atoms with van der Waals surface area (Å²) in [7, 11) is 2.29. The first-order valence-corrected chi connectivity index (χ1v) is 8.05. The summed E-state index contributed by atoms with van der Waals surface area (Å²) in [6.45, 7) is 14.5. The summed E-state index contributed by atoms with van der Waals surface area (Å²) < 4.78 is 6.63. The number of quaternary nitrogens is 1. The lowest BCUT2D eigenvalue weighted by atomic mass is 9.76. The first kappa shape index (κ1) is 17.5. The van der Waals surface area contributed by atoms with Crippen molar-refractivity contribution >= 4 is 5.97 Å². The van der Waals surface area contributed by atoms with Crippen LogP contribution in [0.3, 0.4) is 0 Å². The van der Waals surface area contributed by atoms with Crippen LogP contribution in [0.1, 0.15) is 60.3 Å². The van der Waals surface area contributed by atoms with E-state index in [1.165, 1.54) is 32.4 Å². The molecule has 0 spiro atoms. The minimum absolute atomic E-state index is 0.0453. The lowest BCUT2D eigenvalue weighted by Crippen LogP contribution is -2.50. The predicted molar refractivity (Wildman–Crippen MR) is 83.4 cm³/mol. The molecule has 1 saturated heterocycles. The molecule has 1 fully saturated rings. The van der Waals surface area contributed by atoms with E-state index in [4.69, 9.17) is 4.74 Å². The summed E-state index contributed by atoms with van der Waals surface area (Å²) in [5.74, 6) is -0.0453. The monoisotopic (exact) mass is 284 g/mol. The van der Waals surface area contributed by atoms with Crippen molar-refractivity contribution < 1.29 is 14.0 Å². The van der Waals surface area contributed by atoms with Gasteiger partial charge in [-0.25, -0.2) is 0 Å². The van der Waals surface area contributed by atoms with Gasteiger partial charge in [-0.3, -0.25) is 4.79 Å². The van der Waals surface area contributed by atoms with Crippen LogP contribution < -0.4 is 0 Å². The zero-order chi connectivity index (χ0) is 15.4. The van der Waals surface area contributed by atoms with E-state index < -0.39 is 5.41 Å². The van der Waals surface area contributed by atoms with Crippen LogP contribution in [0.15, 0.2) is 0 Å². The molecule has 0 aromatic carbocycles. The second-order valence-corrected chi connectivity index (χ2v) is 8.61. The van der Waals surface area contributed by atoms with Crippen LogP contribution >= 0.6 is 0 Å². The van der Waals surface area contributed by atoms with E-state index in [-0.39, 0.29) is 11.4 Å². The summed E-state index contributed by atoms with van der Waals surface area (Å²) in [5, 5.41) is 0. The molecule has 0 N–H and O–H groups in total. The largest absolute Gasteiger partial charge is 0.459 e. The SMILES string of the molecule is CC(C)(C)CC(C)(C)C(=O)OCC[N+]1(C)CCCCC1. The Kier molecular flexibility index (Phi) is 5.65. The molecule has 1 heterocycles. The van der Waals surface area contributed by atoms with Crippen LogP contribution in [0.2, 0.25) is 0 Å². The molecule has 0 aromatic heterocycles. The second-order valence-electron chi connectivity index (χ2n) is 8.61. The molecule has 1 aliphatic heterocycles. The molecule has 3 heteroatoms. The zero-order valence-electron chi connectivity index (χ0n) is 14.4. The molecular weight excluding hydrogens is 250 g/mol. The summed E-state index contributed by atoms with van der Waals surface area (Å²) in [6.07, 6.45) is 4.82. The number of esters is 1. The van der Waals surface area contributed by atoms with E-state index in [1.807, 2.05) is 13.8 Å². The molecule has 0 atom stereocenters. The highest BCUT2D eigenvalue weighted by atomic mass is 16.5. The number of nitrogens with zero attached hydrogens (tertiary/aromatic N) is 1. The Labute approximate surface area is 125 Å². The van der Waals surface area contributed by atoms with E-state index >= 15 is 0 Å². The smallest absolute Gasteiger partial charge is 0.311 e. The van der Waals surface area contributed by atoms with Gasteiger partial charge >= 0.3 is 5.97 Å². The first-order valence-electron chi connectivity index (χ1n) is 8.05. The summed E-state index contributed by atoms with van der Waals surface area (Å²) in [5.41, 5.74) is -0.243. The van der Waals surface area contributed by atoms with Gasteiger partial charge in [-0.15, -0.1) is 0 Å². The Hall–Kier alpha value is -0.570. The number of ether oxygens (including phenoxy) is 1. The van der Waals surface area contributed by atoms with E-state index in [9.17, 15) is 4.79 Å². The number of hydrogen-bond acceptors (Lipinski definition) is 2. The van der Waals surface area contributed by atoms with E-state index in [2.05, 4.69) is 27.8 Å². The molecule has 1 rings (SSSR count). The standard InChI is InChI=1S/C17H34NO2/c1-16(2,3)14-17(4,5)15(19)20-13-12-18(6)10-8-7-9-11-18/h7-14H2,1-6H3/q+1. The highest BCUT2D eigenvalue weighted by Gasteiger charge is 2.34.